The van der Waals surface area contributed by atoms with Gasteiger partial charge in [0.2, 0.25) is 0 Å². The van der Waals surface area contributed by atoms with E-state index in [4.69, 9.17) is 4.74 Å². The number of ketones is 2. The van der Waals surface area contributed by atoms with E-state index in [9.17, 15) is 9.59 Å². The normalized spacial score (nSPS) is 18.9. The lowest BCUT2D eigenvalue weighted by molar-refractivity contribution is -0.120. The fourth-order valence-corrected chi connectivity index (χ4v) is 2.42. The Kier molecular flexibility index (Phi) is 4.13. The summed E-state index contributed by atoms with van der Waals surface area (Å²) in [5.41, 5.74) is 0.696. The van der Waals surface area contributed by atoms with Crippen LogP contribution in [0.15, 0.2) is 24.3 Å². The van der Waals surface area contributed by atoms with Crippen LogP contribution >= 0.6 is 0 Å². The molecule has 1 saturated carbocycles. The highest BCUT2D eigenvalue weighted by molar-refractivity contribution is 5.96. The molecule has 1 atom stereocenters. The summed E-state index contributed by atoms with van der Waals surface area (Å²) in [6.45, 7) is 0. The topological polar surface area (TPSA) is 43.4 Å². The fourth-order valence-electron chi connectivity index (χ4n) is 2.42. The lowest BCUT2D eigenvalue weighted by Crippen LogP contribution is -2.09. The summed E-state index contributed by atoms with van der Waals surface area (Å²) in [5.74, 6) is 1.31. The molecule has 3 nitrogen and oxygen atoms in total. The molecule has 0 aromatic heterocycles. The van der Waals surface area contributed by atoms with E-state index in [-0.39, 0.29) is 11.7 Å². The van der Waals surface area contributed by atoms with E-state index in [1.165, 1.54) is 0 Å². The maximum absolute atomic E-state index is 12.0. The van der Waals surface area contributed by atoms with Gasteiger partial charge in [0.05, 0.1) is 7.11 Å². The molecular formula is C15H18O3. The molecule has 1 aliphatic carbocycles. The van der Waals surface area contributed by atoms with Crippen molar-refractivity contribution in [1.29, 1.82) is 0 Å². The molecule has 0 bridgehead atoms. The Balaban J connectivity index is 1.88. The minimum atomic E-state index is 0.109. The number of hydrogen-bond acceptors (Lipinski definition) is 3. The third-order valence-electron chi connectivity index (χ3n) is 3.56. The summed E-state index contributed by atoms with van der Waals surface area (Å²) in [6.07, 6.45) is 3.79. The Morgan fingerprint density at radius 2 is 2.06 bits per heavy atom. The van der Waals surface area contributed by atoms with Gasteiger partial charge in [0.25, 0.3) is 0 Å². The Morgan fingerprint density at radius 3 is 2.61 bits per heavy atom. The Morgan fingerprint density at radius 1 is 1.33 bits per heavy atom. The van der Waals surface area contributed by atoms with Gasteiger partial charge in [-0.25, -0.2) is 0 Å². The first kappa shape index (κ1) is 12.8. The standard InChI is InChI=1S/C15H18O3/c1-18-13-8-5-12(6-9-13)15(17)10-7-11-3-2-4-14(11)16/h5-6,8-9,11H,2-4,7,10H2,1H3. The first-order chi connectivity index (χ1) is 8.70. The molecule has 18 heavy (non-hydrogen) atoms. The van der Waals surface area contributed by atoms with Crippen LogP contribution in [0.1, 0.15) is 42.5 Å². The van der Waals surface area contributed by atoms with Gasteiger partial charge in [0, 0.05) is 24.3 Å². The number of carbonyl (C=O) groups excluding carboxylic acids is 2. The second-order valence-corrected chi connectivity index (χ2v) is 4.75. The Labute approximate surface area is 107 Å². The van der Waals surface area contributed by atoms with E-state index in [1.54, 1.807) is 31.4 Å². The number of carbonyl (C=O) groups is 2. The second kappa shape index (κ2) is 5.80. The molecular weight excluding hydrogens is 228 g/mol. The first-order valence-electron chi connectivity index (χ1n) is 6.40. The van der Waals surface area contributed by atoms with Crippen LogP contribution in [0, 0.1) is 5.92 Å². The maximum atomic E-state index is 12.0. The van der Waals surface area contributed by atoms with Crippen molar-refractivity contribution < 1.29 is 14.3 Å². The summed E-state index contributed by atoms with van der Waals surface area (Å²) in [4.78, 5) is 23.4. The van der Waals surface area contributed by atoms with Gasteiger partial charge in [-0.15, -0.1) is 0 Å². The van der Waals surface area contributed by atoms with Crippen LogP contribution in [0.3, 0.4) is 0 Å². The largest absolute Gasteiger partial charge is 0.497 e. The zero-order valence-corrected chi connectivity index (χ0v) is 10.6. The summed E-state index contributed by atoms with van der Waals surface area (Å²) in [5, 5.41) is 0. The van der Waals surface area contributed by atoms with Crippen LogP contribution in [-0.4, -0.2) is 18.7 Å². The maximum Gasteiger partial charge on any atom is 0.162 e. The van der Waals surface area contributed by atoms with Crippen LogP contribution in [0.25, 0.3) is 0 Å². The Hall–Kier alpha value is -1.64. The smallest absolute Gasteiger partial charge is 0.162 e. The van der Waals surface area contributed by atoms with Gasteiger partial charge in [0.15, 0.2) is 5.78 Å². The molecule has 0 amide bonds. The van der Waals surface area contributed by atoms with Gasteiger partial charge in [-0.1, -0.05) is 0 Å². The van der Waals surface area contributed by atoms with Crippen molar-refractivity contribution in [3.05, 3.63) is 29.8 Å². The van der Waals surface area contributed by atoms with Crippen LogP contribution < -0.4 is 4.74 Å². The molecule has 0 radical (unpaired) electrons. The minimum absolute atomic E-state index is 0.109. The van der Waals surface area contributed by atoms with E-state index in [1.807, 2.05) is 0 Å². The molecule has 1 unspecified atom stereocenters. The zero-order chi connectivity index (χ0) is 13.0. The number of ether oxygens (including phenoxy) is 1. The molecule has 0 spiro atoms. The van der Waals surface area contributed by atoms with Gasteiger partial charge < -0.3 is 4.74 Å². The highest BCUT2D eigenvalue weighted by Crippen LogP contribution is 2.26. The van der Waals surface area contributed by atoms with E-state index in [0.717, 1.165) is 18.6 Å². The molecule has 2 rings (SSSR count). The summed E-state index contributed by atoms with van der Waals surface area (Å²) in [7, 11) is 1.60. The van der Waals surface area contributed by atoms with Crippen LogP contribution in [0.4, 0.5) is 0 Å². The first-order valence-corrected chi connectivity index (χ1v) is 6.40. The van der Waals surface area contributed by atoms with E-state index >= 15 is 0 Å². The lowest BCUT2D eigenvalue weighted by Gasteiger charge is -2.07. The molecule has 1 aliphatic rings. The molecule has 96 valence electrons. The van der Waals surface area contributed by atoms with Crippen molar-refractivity contribution in [2.45, 2.75) is 32.1 Å². The van der Waals surface area contributed by atoms with Gasteiger partial charge in [0.1, 0.15) is 11.5 Å². The molecule has 1 aromatic rings. The van der Waals surface area contributed by atoms with Crippen LogP contribution in [0.5, 0.6) is 5.75 Å². The SMILES string of the molecule is COc1ccc(C(=O)CCC2CCCC2=O)cc1. The molecule has 0 aliphatic heterocycles. The van der Waals surface area contributed by atoms with Gasteiger partial charge in [-0.2, -0.15) is 0 Å². The average molecular weight is 246 g/mol. The van der Waals surface area contributed by atoms with Gasteiger partial charge in [-0.05, 0) is 43.5 Å². The molecule has 0 heterocycles. The third-order valence-corrected chi connectivity index (χ3v) is 3.56. The van der Waals surface area contributed by atoms with Crippen molar-refractivity contribution in [2.75, 3.05) is 7.11 Å². The van der Waals surface area contributed by atoms with Crippen LogP contribution in [-0.2, 0) is 4.79 Å². The summed E-state index contributed by atoms with van der Waals surface area (Å²) >= 11 is 0. The third kappa shape index (κ3) is 2.97. The average Bonchev–Trinajstić information content (AvgIpc) is 2.81. The monoisotopic (exact) mass is 246 g/mol. The second-order valence-electron chi connectivity index (χ2n) is 4.75. The molecule has 0 N–H and O–H groups in total. The molecule has 1 aromatic carbocycles. The zero-order valence-electron chi connectivity index (χ0n) is 10.6. The summed E-state index contributed by atoms with van der Waals surface area (Å²) < 4.78 is 5.05. The lowest BCUT2D eigenvalue weighted by atomic mass is 9.97. The van der Waals surface area contributed by atoms with Gasteiger partial charge >= 0.3 is 0 Å². The van der Waals surface area contributed by atoms with Gasteiger partial charge in [-0.3, -0.25) is 9.59 Å². The highest BCUT2D eigenvalue weighted by Gasteiger charge is 2.24. The van der Waals surface area contributed by atoms with Crippen molar-refractivity contribution in [3.63, 3.8) is 0 Å². The fraction of sp³-hybridized carbons (Fsp3) is 0.467. The van der Waals surface area contributed by atoms with Crippen molar-refractivity contribution in [1.82, 2.24) is 0 Å². The number of methoxy groups -OCH3 is 1. The predicted molar refractivity (Wildman–Crippen MR) is 68.9 cm³/mol. The Bertz CT molecular complexity index is 434. The van der Waals surface area contributed by atoms with Crippen molar-refractivity contribution in [3.8, 4) is 5.75 Å². The van der Waals surface area contributed by atoms with E-state index in [2.05, 4.69) is 0 Å². The van der Waals surface area contributed by atoms with E-state index < -0.39 is 0 Å². The van der Waals surface area contributed by atoms with Crippen LogP contribution in [0.2, 0.25) is 0 Å². The van der Waals surface area contributed by atoms with Crippen molar-refractivity contribution >= 4 is 11.6 Å². The van der Waals surface area contributed by atoms with E-state index in [0.29, 0.717) is 30.6 Å². The molecule has 0 saturated heterocycles. The van der Waals surface area contributed by atoms with Crippen molar-refractivity contribution in [2.24, 2.45) is 5.92 Å². The number of rotatable bonds is 5. The predicted octanol–water partition coefficient (Wildman–Crippen LogP) is 3.03. The number of Topliss-reactive ketones (excluding diaryl/α,β-unsaturated/α-hetero) is 2. The molecule has 1 fully saturated rings. The number of benzene rings is 1. The minimum Gasteiger partial charge on any atom is -0.497 e. The number of hydrogen-bond donors (Lipinski definition) is 0. The quantitative estimate of drug-likeness (QED) is 0.750. The summed E-state index contributed by atoms with van der Waals surface area (Å²) in [6, 6.07) is 7.12. The molecule has 3 heteroatoms. The highest BCUT2D eigenvalue weighted by atomic mass is 16.5.